The molecule has 2 atom stereocenters. The monoisotopic (exact) mass is 246 g/mol. The third-order valence-electron chi connectivity index (χ3n) is 3.68. The van der Waals surface area contributed by atoms with Crippen molar-refractivity contribution in [2.24, 2.45) is 5.92 Å². The number of nitrogens with zero attached hydrogens (tertiary/aromatic N) is 4. The largest absolute Gasteiger partial charge is 0.382 e. The lowest BCUT2D eigenvalue weighted by Gasteiger charge is -2.09. The Kier molecular flexibility index (Phi) is 2.48. The molecule has 1 aliphatic carbocycles. The van der Waals surface area contributed by atoms with Crippen molar-refractivity contribution in [3.05, 3.63) is 12.7 Å². The summed E-state index contributed by atoms with van der Waals surface area (Å²) in [6, 6.07) is 0. The van der Waals surface area contributed by atoms with Gasteiger partial charge in [0.1, 0.15) is 17.4 Å². The Balaban J connectivity index is 1.86. The van der Waals surface area contributed by atoms with Gasteiger partial charge in [0, 0.05) is 0 Å². The fourth-order valence-corrected chi connectivity index (χ4v) is 2.57. The van der Waals surface area contributed by atoms with Crippen molar-refractivity contribution in [2.75, 3.05) is 5.73 Å². The Hall–Kier alpha value is -1.69. The highest BCUT2D eigenvalue weighted by Crippen LogP contribution is 2.48. The number of anilines is 1. The molecule has 2 aromatic rings. The molecule has 6 nitrogen and oxygen atoms in total. The number of hydrogen-bond acceptors (Lipinski definition) is 4. The number of nitrogen functional groups attached to an aromatic ring is 1. The average Bonchev–Trinajstić information content (AvgIpc) is 2.79. The van der Waals surface area contributed by atoms with Crippen LogP contribution in [0.5, 0.6) is 0 Å². The van der Waals surface area contributed by atoms with Crippen LogP contribution in [0, 0.1) is 5.92 Å². The van der Waals surface area contributed by atoms with Gasteiger partial charge < -0.3 is 10.3 Å². The number of rotatable bonds is 4. The molecular formula is C12H16N5O. The van der Waals surface area contributed by atoms with E-state index >= 15 is 0 Å². The van der Waals surface area contributed by atoms with E-state index in [9.17, 15) is 5.11 Å². The lowest BCUT2D eigenvalue weighted by atomic mass is 10.1. The number of nitrogens with two attached hydrogens (primary N) is 1. The van der Waals surface area contributed by atoms with Gasteiger partial charge in [-0.25, -0.2) is 20.1 Å². The zero-order valence-electron chi connectivity index (χ0n) is 10.3. The maximum absolute atomic E-state index is 12.4. The lowest BCUT2D eigenvalue weighted by Crippen LogP contribution is -2.18. The second-order valence-corrected chi connectivity index (χ2v) is 5.06. The Morgan fingerprint density at radius 3 is 3.11 bits per heavy atom. The van der Waals surface area contributed by atoms with Crippen LogP contribution in [0.2, 0.25) is 0 Å². The third kappa shape index (κ3) is 1.73. The van der Waals surface area contributed by atoms with Crippen LogP contribution in [0.25, 0.3) is 11.2 Å². The molecule has 0 aliphatic heterocycles. The summed E-state index contributed by atoms with van der Waals surface area (Å²) < 4.78 is 1.80. The van der Waals surface area contributed by atoms with E-state index < -0.39 is 5.60 Å². The van der Waals surface area contributed by atoms with Crippen LogP contribution in [0.1, 0.15) is 26.2 Å². The predicted molar refractivity (Wildman–Crippen MR) is 66.2 cm³/mol. The standard InChI is InChI=1S/C12H16N5O/c1-2-3-8-4-12(8,18)5-17-7-16-9-10(13)14-6-15-11(9)17/h6-8H,2-5H2,1H3,(H2,13,14,15). The van der Waals surface area contributed by atoms with E-state index in [4.69, 9.17) is 5.73 Å². The first kappa shape index (κ1) is 11.4. The van der Waals surface area contributed by atoms with Crippen LogP contribution in [0.3, 0.4) is 0 Å². The molecule has 6 heteroatoms. The highest BCUT2D eigenvalue weighted by atomic mass is 16.3. The summed E-state index contributed by atoms with van der Waals surface area (Å²) in [7, 11) is 0. The van der Waals surface area contributed by atoms with E-state index in [1.165, 1.54) is 6.33 Å². The molecule has 0 spiro atoms. The first-order valence-corrected chi connectivity index (χ1v) is 6.26. The summed E-state index contributed by atoms with van der Waals surface area (Å²) in [6.45, 7) is 2.53. The van der Waals surface area contributed by atoms with E-state index in [1.807, 2.05) is 0 Å². The van der Waals surface area contributed by atoms with Crippen LogP contribution in [-0.2, 0) is 11.7 Å². The van der Waals surface area contributed by atoms with E-state index in [2.05, 4.69) is 21.9 Å². The van der Waals surface area contributed by atoms with Gasteiger partial charge in [-0.3, -0.25) is 0 Å². The van der Waals surface area contributed by atoms with Crippen LogP contribution >= 0.6 is 0 Å². The van der Waals surface area contributed by atoms with E-state index in [1.54, 1.807) is 10.9 Å². The molecular weight excluding hydrogens is 230 g/mol. The molecule has 3 rings (SSSR count). The van der Waals surface area contributed by atoms with Gasteiger partial charge in [-0.15, -0.1) is 0 Å². The molecule has 95 valence electrons. The van der Waals surface area contributed by atoms with Crippen molar-refractivity contribution < 1.29 is 5.11 Å². The third-order valence-corrected chi connectivity index (χ3v) is 3.68. The summed E-state index contributed by atoms with van der Waals surface area (Å²) >= 11 is 0. The van der Waals surface area contributed by atoms with Crippen LogP contribution in [-0.4, -0.2) is 25.1 Å². The van der Waals surface area contributed by atoms with Gasteiger partial charge in [0.05, 0.1) is 12.9 Å². The van der Waals surface area contributed by atoms with Gasteiger partial charge in [0.2, 0.25) is 0 Å². The van der Waals surface area contributed by atoms with Gasteiger partial charge in [-0.2, -0.15) is 0 Å². The fourth-order valence-electron chi connectivity index (χ4n) is 2.57. The van der Waals surface area contributed by atoms with Crippen molar-refractivity contribution in [1.29, 1.82) is 0 Å². The van der Waals surface area contributed by atoms with Gasteiger partial charge in [0.25, 0.3) is 0 Å². The molecule has 0 amide bonds. The van der Waals surface area contributed by atoms with Crippen molar-refractivity contribution >= 4 is 17.0 Å². The lowest BCUT2D eigenvalue weighted by molar-refractivity contribution is 0.0332. The highest BCUT2D eigenvalue weighted by molar-refractivity contribution is 5.81. The quantitative estimate of drug-likeness (QED) is 0.882. The minimum atomic E-state index is -0.844. The van der Waals surface area contributed by atoms with E-state index in [0.29, 0.717) is 29.4 Å². The number of hydrogen-bond donors (Lipinski definition) is 1. The van der Waals surface area contributed by atoms with Crippen molar-refractivity contribution in [2.45, 2.75) is 38.3 Å². The molecule has 18 heavy (non-hydrogen) atoms. The zero-order valence-corrected chi connectivity index (χ0v) is 10.3. The molecule has 2 heterocycles. The van der Waals surface area contributed by atoms with E-state index in [-0.39, 0.29) is 0 Å². The average molecular weight is 246 g/mol. The summed E-state index contributed by atoms with van der Waals surface area (Å²) in [6.07, 6.45) is 5.86. The van der Waals surface area contributed by atoms with Crippen molar-refractivity contribution in [1.82, 2.24) is 19.5 Å². The number of imidazole rings is 1. The normalized spacial score (nSPS) is 26.7. The zero-order chi connectivity index (χ0) is 12.8. The second-order valence-electron chi connectivity index (χ2n) is 5.06. The minimum Gasteiger partial charge on any atom is -0.382 e. The number of fused-ring (bicyclic) bond motifs is 1. The SMILES string of the molecule is CCCC1CC1([O])Cn1cnc2c(N)ncnc21. The van der Waals surface area contributed by atoms with Crippen molar-refractivity contribution in [3.63, 3.8) is 0 Å². The van der Waals surface area contributed by atoms with Crippen molar-refractivity contribution in [3.8, 4) is 0 Å². The number of aromatic nitrogens is 4. The molecule has 1 saturated carbocycles. The Bertz CT molecular complexity index is 581. The molecule has 0 saturated heterocycles. The van der Waals surface area contributed by atoms with Gasteiger partial charge >= 0.3 is 0 Å². The maximum Gasteiger partial charge on any atom is 0.165 e. The molecule has 1 fully saturated rings. The first-order valence-electron chi connectivity index (χ1n) is 6.26. The Labute approximate surface area is 105 Å². The minimum absolute atomic E-state index is 0.291. The highest BCUT2D eigenvalue weighted by Gasteiger charge is 2.54. The first-order chi connectivity index (χ1) is 8.64. The van der Waals surface area contributed by atoms with Crippen LogP contribution < -0.4 is 5.73 Å². The molecule has 2 unspecified atom stereocenters. The van der Waals surface area contributed by atoms with Gasteiger partial charge in [-0.1, -0.05) is 13.3 Å². The van der Waals surface area contributed by atoms with E-state index in [0.717, 1.165) is 19.3 Å². The Morgan fingerprint density at radius 2 is 2.33 bits per heavy atom. The molecule has 2 aromatic heterocycles. The topological polar surface area (TPSA) is 89.5 Å². The molecule has 2 N–H and O–H groups in total. The smallest absolute Gasteiger partial charge is 0.165 e. The molecule has 1 aliphatic rings. The summed E-state index contributed by atoms with van der Waals surface area (Å²) in [5.41, 5.74) is 6.11. The summed E-state index contributed by atoms with van der Waals surface area (Å²) in [5.74, 6) is 0.652. The summed E-state index contributed by atoms with van der Waals surface area (Å²) in [4.78, 5) is 12.2. The predicted octanol–water partition coefficient (Wildman–Crippen LogP) is 1.40. The summed E-state index contributed by atoms with van der Waals surface area (Å²) in [5, 5.41) is 12.4. The van der Waals surface area contributed by atoms with Gasteiger partial charge in [0.15, 0.2) is 11.5 Å². The van der Waals surface area contributed by atoms with Crippen LogP contribution in [0.15, 0.2) is 12.7 Å². The second kappa shape index (κ2) is 3.91. The maximum atomic E-state index is 12.4. The molecule has 1 radical (unpaired) electrons. The molecule has 0 aromatic carbocycles. The molecule has 0 bridgehead atoms. The Morgan fingerprint density at radius 1 is 1.50 bits per heavy atom. The fraction of sp³-hybridized carbons (Fsp3) is 0.583. The van der Waals surface area contributed by atoms with Gasteiger partial charge in [-0.05, 0) is 18.8 Å². The van der Waals surface area contributed by atoms with Crippen LogP contribution in [0.4, 0.5) is 5.82 Å².